The van der Waals surface area contributed by atoms with Gasteiger partial charge in [-0.25, -0.2) is 13.4 Å². The van der Waals surface area contributed by atoms with Gasteiger partial charge in [-0.2, -0.15) is 4.98 Å². The normalized spacial score (nSPS) is 11.6. The summed E-state index contributed by atoms with van der Waals surface area (Å²) < 4.78 is 27.7. The molecule has 0 radical (unpaired) electrons. The Morgan fingerprint density at radius 1 is 0.809 bits per heavy atom. The van der Waals surface area contributed by atoms with Crippen molar-refractivity contribution in [3.05, 3.63) is 72.6 Å². The molecule has 0 fully saturated rings. The molecule has 0 saturated carbocycles. The molecule has 2 aromatic carbocycles. The van der Waals surface area contributed by atoms with Crippen LogP contribution in [0.2, 0.25) is 0 Å². The lowest BCUT2D eigenvalue weighted by molar-refractivity contribution is -0.116. The molecule has 0 spiro atoms. The number of hydrogen-bond acceptors (Lipinski definition) is 6. The molecule has 2 aromatic heterocycles. The summed E-state index contributed by atoms with van der Waals surface area (Å²) in [7, 11) is -1.84. The third kappa shape index (κ3) is 11.7. The van der Waals surface area contributed by atoms with E-state index in [1.54, 1.807) is 19.3 Å². The summed E-state index contributed by atoms with van der Waals surface area (Å²) in [6, 6.07) is 16.9. The van der Waals surface area contributed by atoms with Gasteiger partial charge in [0, 0.05) is 42.6 Å². The minimum Gasteiger partial charge on any atom is -0.328 e. The fourth-order valence-corrected chi connectivity index (χ4v) is 6.30. The fraction of sp³-hybridized carbons (Fsp3) is 0.486. The van der Waals surface area contributed by atoms with Crippen molar-refractivity contribution in [3.8, 4) is 0 Å². The summed E-state index contributed by atoms with van der Waals surface area (Å²) >= 11 is 0. The number of para-hydroxylation sites is 1. The molecule has 1 amide bonds. The summed E-state index contributed by atoms with van der Waals surface area (Å²) in [5.74, 6) is 0.491. The quantitative estimate of drug-likeness (QED) is 0.0864. The lowest BCUT2D eigenvalue weighted by atomic mass is 10.0. The van der Waals surface area contributed by atoms with Gasteiger partial charge in [0.15, 0.2) is 0 Å². The SMILES string of the molecule is CCCCCCCCCCCCCCCC(=O)Nc1ccc(Nc2ncc3ccn(Cc4ccccc4N(C)S(C)(=O)=O)c3n2)cc1. The fourth-order valence-electron chi connectivity index (χ4n) is 5.77. The van der Waals surface area contributed by atoms with Gasteiger partial charge in [-0.3, -0.25) is 9.10 Å². The highest BCUT2D eigenvalue weighted by atomic mass is 32.2. The number of amides is 1. The predicted molar refractivity (Wildman–Crippen MR) is 195 cm³/mol. The number of sulfonamides is 1. The molecule has 47 heavy (non-hydrogen) atoms. The molecule has 0 aliphatic carbocycles. The first kappa shape index (κ1) is 35.9. The van der Waals surface area contributed by atoms with Crippen LogP contribution in [-0.2, 0) is 21.4 Å². The average Bonchev–Trinajstić information content (AvgIpc) is 3.45. The standard InChI is InChI=1S/C37H52N6O3S/c1-4-5-6-7-8-9-10-11-12-13-14-15-16-21-35(44)39-32-22-24-33(25-23-32)40-37-38-28-30-26-27-43(36(30)41-37)29-31-19-17-18-20-34(31)42(2)47(3,45)46/h17-20,22-28H,4-16,21,29H2,1-3H3,(H,39,44)(H,38,40,41). The smallest absolute Gasteiger partial charge is 0.232 e. The molecule has 10 heteroatoms. The van der Waals surface area contributed by atoms with Gasteiger partial charge in [0.05, 0.1) is 18.5 Å². The number of aromatic nitrogens is 3. The van der Waals surface area contributed by atoms with E-state index in [2.05, 4.69) is 22.5 Å². The molecular weight excluding hydrogens is 609 g/mol. The zero-order chi connectivity index (χ0) is 33.5. The third-order valence-corrected chi connectivity index (χ3v) is 9.79. The highest BCUT2D eigenvalue weighted by Gasteiger charge is 2.16. The molecule has 0 bridgehead atoms. The average molecular weight is 661 g/mol. The molecule has 254 valence electrons. The van der Waals surface area contributed by atoms with E-state index in [1.807, 2.05) is 59.3 Å². The lowest BCUT2D eigenvalue weighted by Gasteiger charge is -2.20. The molecule has 4 rings (SSSR count). The zero-order valence-corrected chi connectivity index (χ0v) is 29.2. The highest BCUT2D eigenvalue weighted by Crippen LogP contribution is 2.25. The van der Waals surface area contributed by atoms with Crippen LogP contribution >= 0.6 is 0 Å². The number of anilines is 4. The number of benzene rings is 2. The van der Waals surface area contributed by atoms with E-state index >= 15 is 0 Å². The second kappa shape index (κ2) is 18.4. The van der Waals surface area contributed by atoms with Gasteiger partial charge in [0.1, 0.15) is 5.65 Å². The number of unbranched alkanes of at least 4 members (excludes halogenated alkanes) is 12. The van der Waals surface area contributed by atoms with E-state index in [0.717, 1.165) is 40.8 Å². The minimum atomic E-state index is -3.40. The van der Waals surface area contributed by atoms with Crippen molar-refractivity contribution in [3.63, 3.8) is 0 Å². The van der Waals surface area contributed by atoms with Crippen LogP contribution in [0.4, 0.5) is 23.0 Å². The molecule has 2 heterocycles. The van der Waals surface area contributed by atoms with Crippen molar-refractivity contribution < 1.29 is 13.2 Å². The number of rotatable bonds is 21. The Balaban J connectivity index is 1.20. The molecule has 0 saturated heterocycles. The van der Waals surface area contributed by atoms with Crippen LogP contribution in [0.1, 0.15) is 102 Å². The Bertz CT molecular complexity index is 1650. The predicted octanol–water partition coefficient (Wildman–Crippen LogP) is 9.04. The summed E-state index contributed by atoms with van der Waals surface area (Å²) in [5, 5.41) is 7.14. The molecule has 4 aromatic rings. The van der Waals surface area contributed by atoms with Crippen LogP contribution in [0.25, 0.3) is 11.0 Å². The number of fused-ring (bicyclic) bond motifs is 1. The van der Waals surface area contributed by atoms with Gasteiger partial charge >= 0.3 is 0 Å². The van der Waals surface area contributed by atoms with E-state index in [1.165, 1.54) is 81.2 Å². The molecule has 2 N–H and O–H groups in total. The molecule has 0 aliphatic rings. The van der Waals surface area contributed by atoms with Crippen LogP contribution in [-0.4, -0.2) is 42.2 Å². The first-order valence-corrected chi connectivity index (χ1v) is 19.1. The lowest BCUT2D eigenvalue weighted by Crippen LogP contribution is -2.26. The number of hydrogen-bond donors (Lipinski definition) is 2. The van der Waals surface area contributed by atoms with Gasteiger partial charge in [0.25, 0.3) is 0 Å². The minimum absolute atomic E-state index is 0.0487. The molecule has 0 atom stereocenters. The van der Waals surface area contributed by atoms with Crippen LogP contribution in [0.15, 0.2) is 67.0 Å². The summed E-state index contributed by atoms with van der Waals surface area (Å²) in [6.45, 7) is 2.71. The Hall–Kier alpha value is -3.92. The first-order valence-electron chi connectivity index (χ1n) is 17.2. The second-order valence-corrected chi connectivity index (χ2v) is 14.5. The van der Waals surface area contributed by atoms with E-state index < -0.39 is 10.0 Å². The molecule has 0 unspecified atom stereocenters. The van der Waals surface area contributed by atoms with Crippen LogP contribution in [0, 0.1) is 0 Å². The van der Waals surface area contributed by atoms with Gasteiger partial charge in [-0.1, -0.05) is 102 Å². The number of carbonyl (C=O) groups is 1. The number of nitrogens with zero attached hydrogens (tertiary/aromatic N) is 4. The van der Waals surface area contributed by atoms with Crippen molar-refractivity contribution in [2.24, 2.45) is 0 Å². The van der Waals surface area contributed by atoms with Crippen molar-refractivity contribution in [2.75, 3.05) is 28.2 Å². The van der Waals surface area contributed by atoms with Gasteiger partial charge in [-0.05, 0) is 48.4 Å². The number of carbonyl (C=O) groups excluding carboxylic acids is 1. The van der Waals surface area contributed by atoms with Crippen molar-refractivity contribution in [1.29, 1.82) is 0 Å². The Kier molecular flexibility index (Phi) is 14.1. The second-order valence-electron chi connectivity index (χ2n) is 12.5. The maximum atomic E-state index is 12.5. The zero-order valence-electron chi connectivity index (χ0n) is 28.4. The largest absolute Gasteiger partial charge is 0.328 e. The maximum Gasteiger partial charge on any atom is 0.232 e. The van der Waals surface area contributed by atoms with Crippen molar-refractivity contribution >= 4 is 50.0 Å². The first-order chi connectivity index (χ1) is 22.7. The summed E-state index contributed by atoms with van der Waals surface area (Å²) in [5.41, 5.74) is 3.78. The Morgan fingerprint density at radius 2 is 1.40 bits per heavy atom. The topological polar surface area (TPSA) is 109 Å². The summed E-state index contributed by atoms with van der Waals surface area (Å²) in [4.78, 5) is 21.7. The van der Waals surface area contributed by atoms with E-state index in [4.69, 9.17) is 4.98 Å². The van der Waals surface area contributed by atoms with Crippen LogP contribution in [0.3, 0.4) is 0 Å². The Morgan fingerprint density at radius 3 is 2.04 bits per heavy atom. The summed E-state index contributed by atoms with van der Waals surface area (Å²) in [6.07, 6.45) is 22.2. The van der Waals surface area contributed by atoms with Crippen molar-refractivity contribution in [1.82, 2.24) is 14.5 Å². The van der Waals surface area contributed by atoms with Gasteiger partial charge in [0.2, 0.25) is 21.9 Å². The van der Waals surface area contributed by atoms with E-state index in [0.29, 0.717) is 24.6 Å². The van der Waals surface area contributed by atoms with Crippen LogP contribution in [0.5, 0.6) is 0 Å². The van der Waals surface area contributed by atoms with Crippen LogP contribution < -0.4 is 14.9 Å². The maximum absolute atomic E-state index is 12.5. The van der Waals surface area contributed by atoms with Gasteiger partial charge in [-0.15, -0.1) is 0 Å². The molecule has 9 nitrogen and oxygen atoms in total. The highest BCUT2D eigenvalue weighted by molar-refractivity contribution is 7.92. The van der Waals surface area contributed by atoms with E-state index in [-0.39, 0.29) is 5.91 Å². The molecular formula is C37H52N6O3S. The number of nitrogens with one attached hydrogen (secondary N) is 2. The monoisotopic (exact) mass is 660 g/mol. The Labute approximate surface area is 281 Å². The van der Waals surface area contributed by atoms with Crippen molar-refractivity contribution in [2.45, 2.75) is 103 Å². The third-order valence-electron chi connectivity index (χ3n) is 8.60. The van der Waals surface area contributed by atoms with Gasteiger partial charge < -0.3 is 15.2 Å². The van der Waals surface area contributed by atoms with E-state index in [9.17, 15) is 13.2 Å². The molecule has 0 aliphatic heterocycles.